The van der Waals surface area contributed by atoms with Crippen molar-refractivity contribution in [3.63, 3.8) is 0 Å². The minimum Gasteiger partial charge on any atom is -0.493 e. The van der Waals surface area contributed by atoms with Crippen LogP contribution in [0.15, 0.2) is 48.5 Å². The summed E-state index contributed by atoms with van der Waals surface area (Å²) in [7, 11) is 3.22. The van der Waals surface area contributed by atoms with Crippen molar-refractivity contribution in [1.29, 1.82) is 0 Å². The number of nitrogens with zero attached hydrogens (tertiary/aromatic N) is 2. The van der Waals surface area contributed by atoms with Crippen LogP contribution in [0.4, 0.5) is 5.82 Å². The molecule has 8 heteroatoms. The first-order valence-electron chi connectivity index (χ1n) is 10.1. The van der Waals surface area contributed by atoms with Gasteiger partial charge in [-0.1, -0.05) is 25.1 Å². The Labute approximate surface area is 189 Å². The maximum absolute atomic E-state index is 11.2. The molecule has 0 aliphatic carbocycles. The number of aromatic carboxylic acids is 1. The van der Waals surface area contributed by atoms with Crippen molar-refractivity contribution in [3.8, 4) is 22.9 Å². The number of hydrogen-bond donors (Lipinski definition) is 2. The molecule has 0 aliphatic rings. The number of anilines is 1. The first-order chi connectivity index (χ1) is 15.5. The lowest BCUT2D eigenvalue weighted by Gasteiger charge is -2.12. The second-order valence-electron chi connectivity index (χ2n) is 7.11. The molecule has 4 aromatic rings. The zero-order chi connectivity index (χ0) is 22.7. The highest BCUT2D eigenvalue weighted by Gasteiger charge is 2.14. The fourth-order valence-corrected chi connectivity index (χ4v) is 4.31. The predicted molar refractivity (Wildman–Crippen MR) is 126 cm³/mol. The minimum absolute atomic E-state index is 0.228. The van der Waals surface area contributed by atoms with Crippen LogP contribution in [-0.2, 0) is 13.0 Å². The van der Waals surface area contributed by atoms with Crippen molar-refractivity contribution in [2.75, 3.05) is 19.5 Å². The maximum atomic E-state index is 11.2. The van der Waals surface area contributed by atoms with Gasteiger partial charge < -0.3 is 19.9 Å². The van der Waals surface area contributed by atoms with Gasteiger partial charge >= 0.3 is 5.97 Å². The molecule has 4 rings (SSSR count). The zero-order valence-electron chi connectivity index (χ0n) is 18.0. The number of methoxy groups -OCH3 is 2. The Hall–Kier alpha value is -3.65. The van der Waals surface area contributed by atoms with E-state index >= 15 is 0 Å². The summed E-state index contributed by atoms with van der Waals surface area (Å²) >= 11 is 1.64. The third-order valence-corrected chi connectivity index (χ3v) is 6.26. The quantitative estimate of drug-likeness (QED) is 0.379. The number of benzene rings is 2. The largest absolute Gasteiger partial charge is 0.493 e. The normalized spacial score (nSPS) is 10.8. The van der Waals surface area contributed by atoms with Gasteiger partial charge in [0.2, 0.25) is 0 Å². The average molecular weight is 450 g/mol. The average Bonchev–Trinajstić information content (AvgIpc) is 3.25. The number of thiophene rings is 1. The minimum atomic E-state index is -0.962. The van der Waals surface area contributed by atoms with E-state index < -0.39 is 5.97 Å². The van der Waals surface area contributed by atoms with Gasteiger partial charge in [0.15, 0.2) is 17.3 Å². The number of hydrogen-bond acceptors (Lipinski definition) is 7. The molecule has 0 fully saturated rings. The topological polar surface area (TPSA) is 93.6 Å². The lowest BCUT2D eigenvalue weighted by molar-refractivity contribution is 0.0697. The number of carbonyl (C=O) groups is 1. The van der Waals surface area contributed by atoms with E-state index in [4.69, 9.17) is 24.5 Å². The molecule has 2 aromatic heterocycles. The van der Waals surface area contributed by atoms with Crippen LogP contribution in [0.2, 0.25) is 0 Å². The van der Waals surface area contributed by atoms with Crippen LogP contribution >= 0.6 is 11.3 Å². The van der Waals surface area contributed by atoms with Crippen molar-refractivity contribution in [2.24, 2.45) is 0 Å². The Balaban J connectivity index is 1.69. The molecule has 2 N–H and O–H groups in total. The predicted octanol–water partition coefficient (Wildman–Crippen LogP) is 5.25. The Morgan fingerprint density at radius 1 is 1.03 bits per heavy atom. The maximum Gasteiger partial charge on any atom is 0.335 e. The van der Waals surface area contributed by atoms with Crippen molar-refractivity contribution in [2.45, 2.75) is 19.9 Å². The summed E-state index contributed by atoms with van der Waals surface area (Å²) in [6.45, 7) is 2.65. The summed E-state index contributed by atoms with van der Waals surface area (Å²) < 4.78 is 10.7. The van der Waals surface area contributed by atoms with Crippen LogP contribution in [0.5, 0.6) is 11.5 Å². The van der Waals surface area contributed by atoms with Crippen LogP contribution in [0.25, 0.3) is 21.6 Å². The van der Waals surface area contributed by atoms with Gasteiger partial charge in [0.05, 0.1) is 25.2 Å². The standard InChI is InChI=1S/C24H23N3O4S/c1-4-17-12-18-22(25-13-14-5-10-19(30-2)20(11-14)31-3)26-21(27-23(18)32-17)15-6-8-16(9-7-15)24(28)29/h5-12H,4,13H2,1-3H3,(H,28,29)(H,25,26,27). The molecule has 0 radical (unpaired) electrons. The van der Waals surface area contributed by atoms with E-state index in [2.05, 4.69) is 18.3 Å². The molecular weight excluding hydrogens is 426 g/mol. The summed E-state index contributed by atoms with van der Waals surface area (Å²) in [5, 5.41) is 13.6. The van der Waals surface area contributed by atoms with Gasteiger partial charge in [-0.05, 0) is 42.3 Å². The first-order valence-corrected chi connectivity index (χ1v) is 10.9. The second-order valence-corrected chi connectivity index (χ2v) is 8.22. The smallest absolute Gasteiger partial charge is 0.335 e. The summed E-state index contributed by atoms with van der Waals surface area (Å²) in [5.41, 5.74) is 2.01. The Kier molecular flexibility index (Phi) is 6.23. The third kappa shape index (κ3) is 4.36. The number of fused-ring (bicyclic) bond motifs is 1. The van der Waals surface area contributed by atoms with E-state index in [-0.39, 0.29) is 5.56 Å². The van der Waals surface area contributed by atoms with E-state index in [0.717, 1.165) is 33.6 Å². The van der Waals surface area contributed by atoms with E-state index in [0.29, 0.717) is 23.9 Å². The molecule has 0 spiro atoms. The van der Waals surface area contributed by atoms with Gasteiger partial charge in [0.1, 0.15) is 10.6 Å². The molecule has 0 saturated carbocycles. The number of aromatic nitrogens is 2. The van der Waals surface area contributed by atoms with Gasteiger partial charge in [-0.15, -0.1) is 11.3 Å². The van der Waals surface area contributed by atoms with Crippen LogP contribution < -0.4 is 14.8 Å². The van der Waals surface area contributed by atoms with Crippen molar-refractivity contribution in [3.05, 3.63) is 64.5 Å². The molecule has 2 heterocycles. The molecule has 0 saturated heterocycles. The molecule has 2 aromatic carbocycles. The van der Waals surface area contributed by atoms with Crippen molar-refractivity contribution in [1.82, 2.24) is 9.97 Å². The number of carboxylic acids is 1. The van der Waals surface area contributed by atoms with Gasteiger partial charge in [0, 0.05) is 17.0 Å². The molecule has 7 nitrogen and oxygen atoms in total. The van der Waals surface area contributed by atoms with E-state index in [1.807, 2.05) is 18.2 Å². The highest BCUT2D eigenvalue weighted by molar-refractivity contribution is 7.18. The Morgan fingerprint density at radius 3 is 2.44 bits per heavy atom. The summed E-state index contributed by atoms with van der Waals surface area (Å²) in [5.74, 6) is 1.67. The van der Waals surface area contributed by atoms with Crippen molar-refractivity contribution >= 4 is 33.3 Å². The molecule has 0 atom stereocenters. The number of nitrogens with one attached hydrogen (secondary N) is 1. The fourth-order valence-electron chi connectivity index (χ4n) is 3.35. The van der Waals surface area contributed by atoms with E-state index in [1.165, 1.54) is 4.88 Å². The SMILES string of the molecule is CCc1cc2c(NCc3ccc(OC)c(OC)c3)nc(-c3ccc(C(=O)O)cc3)nc2s1. The van der Waals surface area contributed by atoms with Crippen LogP contribution in [-0.4, -0.2) is 35.3 Å². The van der Waals surface area contributed by atoms with Crippen LogP contribution in [0, 0.1) is 0 Å². The van der Waals surface area contributed by atoms with Gasteiger partial charge in [0.25, 0.3) is 0 Å². The number of rotatable bonds is 8. The van der Waals surface area contributed by atoms with E-state index in [1.54, 1.807) is 49.8 Å². The molecule has 0 bridgehead atoms. The monoisotopic (exact) mass is 449 g/mol. The number of carboxylic acid groups (broad SMARTS) is 1. The summed E-state index contributed by atoms with van der Waals surface area (Å²) in [6.07, 6.45) is 0.915. The molecule has 32 heavy (non-hydrogen) atoms. The lowest BCUT2D eigenvalue weighted by Crippen LogP contribution is -2.04. The lowest BCUT2D eigenvalue weighted by atomic mass is 10.1. The van der Waals surface area contributed by atoms with Gasteiger partial charge in [-0.25, -0.2) is 14.8 Å². The highest BCUT2D eigenvalue weighted by Crippen LogP contribution is 2.33. The third-order valence-electron chi connectivity index (χ3n) is 5.09. The first kappa shape index (κ1) is 21.6. The summed E-state index contributed by atoms with van der Waals surface area (Å²) in [4.78, 5) is 22.8. The molecule has 0 aliphatic heterocycles. The highest BCUT2D eigenvalue weighted by atomic mass is 32.1. The van der Waals surface area contributed by atoms with Gasteiger partial charge in [-0.2, -0.15) is 0 Å². The van der Waals surface area contributed by atoms with Gasteiger partial charge in [-0.3, -0.25) is 0 Å². The Bertz CT molecular complexity index is 1270. The number of aryl methyl sites for hydroxylation is 1. The molecule has 164 valence electrons. The summed E-state index contributed by atoms with van der Waals surface area (Å²) in [6, 6.07) is 14.5. The van der Waals surface area contributed by atoms with E-state index in [9.17, 15) is 4.79 Å². The Morgan fingerprint density at radius 2 is 1.78 bits per heavy atom. The second kappa shape index (κ2) is 9.23. The molecule has 0 amide bonds. The van der Waals surface area contributed by atoms with Crippen LogP contribution in [0.3, 0.4) is 0 Å². The van der Waals surface area contributed by atoms with Crippen molar-refractivity contribution < 1.29 is 19.4 Å². The number of ether oxygens (including phenoxy) is 2. The molecular formula is C24H23N3O4S. The molecule has 0 unspecified atom stereocenters. The zero-order valence-corrected chi connectivity index (χ0v) is 18.8. The van der Waals surface area contributed by atoms with Crippen LogP contribution in [0.1, 0.15) is 27.7 Å². The fraction of sp³-hybridized carbons (Fsp3) is 0.208.